The third-order valence-electron chi connectivity index (χ3n) is 3.56. The molecule has 0 aliphatic carbocycles. The Morgan fingerprint density at radius 3 is 2.77 bits per heavy atom. The van der Waals surface area contributed by atoms with Crippen LogP contribution in [0, 0.1) is 0 Å². The molecule has 0 unspecified atom stereocenters. The van der Waals surface area contributed by atoms with E-state index >= 15 is 0 Å². The van der Waals surface area contributed by atoms with Gasteiger partial charge in [-0.1, -0.05) is 17.3 Å². The number of benzene rings is 1. The molecule has 26 heavy (non-hydrogen) atoms. The number of halogens is 3. The van der Waals surface area contributed by atoms with E-state index in [1.54, 1.807) is 17.1 Å². The van der Waals surface area contributed by atoms with Gasteiger partial charge in [-0.25, -0.2) is 0 Å². The van der Waals surface area contributed by atoms with E-state index < -0.39 is 23.2 Å². The van der Waals surface area contributed by atoms with Gasteiger partial charge in [-0.2, -0.15) is 23.3 Å². The highest BCUT2D eigenvalue weighted by atomic mass is 19.4. The first-order valence-corrected chi connectivity index (χ1v) is 7.68. The molecule has 0 saturated carbocycles. The van der Waals surface area contributed by atoms with Gasteiger partial charge < -0.3 is 9.84 Å². The van der Waals surface area contributed by atoms with Gasteiger partial charge in [0.15, 0.2) is 0 Å². The molecule has 0 atom stereocenters. The van der Waals surface area contributed by atoms with E-state index in [1.807, 2.05) is 6.92 Å². The van der Waals surface area contributed by atoms with Gasteiger partial charge in [0.2, 0.25) is 11.7 Å². The second-order valence-electron chi connectivity index (χ2n) is 5.32. The molecule has 3 rings (SSSR count). The van der Waals surface area contributed by atoms with E-state index in [0.29, 0.717) is 12.1 Å². The quantitative estimate of drug-likeness (QED) is 0.751. The van der Waals surface area contributed by atoms with Gasteiger partial charge in [0.25, 0.3) is 5.91 Å². The number of carbonyl (C=O) groups excluding carboxylic acids is 1. The van der Waals surface area contributed by atoms with E-state index in [0.717, 1.165) is 12.1 Å². The number of alkyl halides is 3. The third kappa shape index (κ3) is 3.73. The van der Waals surface area contributed by atoms with Crippen LogP contribution in [0.25, 0.3) is 11.4 Å². The van der Waals surface area contributed by atoms with Crippen LogP contribution >= 0.6 is 0 Å². The van der Waals surface area contributed by atoms with Crippen molar-refractivity contribution in [3.63, 3.8) is 0 Å². The number of nitrogens with zero attached hydrogens (tertiary/aromatic N) is 4. The van der Waals surface area contributed by atoms with Crippen molar-refractivity contribution in [2.45, 2.75) is 26.2 Å². The highest BCUT2D eigenvalue weighted by Crippen LogP contribution is 2.31. The standard InChI is InChI=1S/C16H14F3N5O2/c1-2-24-9-10(7-21-24)14-22-13(26-23-14)8-20-15(25)11-5-3-4-6-12(11)16(17,18)19/h3-7,9H,2,8H2,1H3,(H,20,25). The zero-order chi connectivity index (χ0) is 18.7. The molecular weight excluding hydrogens is 351 g/mol. The van der Waals surface area contributed by atoms with Crippen LogP contribution in [0.5, 0.6) is 0 Å². The molecule has 10 heteroatoms. The van der Waals surface area contributed by atoms with Gasteiger partial charge in [0.05, 0.1) is 29.4 Å². The van der Waals surface area contributed by atoms with Crippen molar-refractivity contribution >= 4 is 5.91 Å². The Bertz CT molecular complexity index is 917. The van der Waals surface area contributed by atoms with Crippen molar-refractivity contribution < 1.29 is 22.5 Å². The molecule has 0 aliphatic heterocycles. The van der Waals surface area contributed by atoms with E-state index in [9.17, 15) is 18.0 Å². The largest absolute Gasteiger partial charge is 0.417 e. The Morgan fingerprint density at radius 2 is 2.08 bits per heavy atom. The summed E-state index contributed by atoms with van der Waals surface area (Å²) < 4.78 is 45.6. The fraction of sp³-hybridized carbons (Fsp3) is 0.250. The Morgan fingerprint density at radius 1 is 1.31 bits per heavy atom. The van der Waals surface area contributed by atoms with Crippen molar-refractivity contribution in [2.75, 3.05) is 0 Å². The predicted molar refractivity (Wildman–Crippen MR) is 83.8 cm³/mol. The molecule has 0 spiro atoms. The first-order chi connectivity index (χ1) is 12.4. The van der Waals surface area contributed by atoms with E-state index in [4.69, 9.17) is 4.52 Å². The summed E-state index contributed by atoms with van der Waals surface area (Å²) in [6, 6.07) is 4.54. The molecule has 2 aromatic heterocycles. The number of aromatic nitrogens is 4. The van der Waals surface area contributed by atoms with Gasteiger partial charge in [0.1, 0.15) is 0 Å². The van der Waals surface area contributed by atoms with Crippen LogP contribution in [-0.4, -0.2) is 25.8 Å². The average Bonchev–Trinajstić information content (AvgIpc) is 3.27. The zero-order valence-electron chi connectivity index (χ0n) is 13.6. The van der Waals surface area contributed by atoms with Crippen LogP contribution in [0.3, 0.4) is 0 Å². The van der Waals surface area contributed by atoms with Gasteiger partial charge in [-0.15, -0.1) is 0 Å². The number of hydrogen-bond acceptors (Lipinski definition) is 5. The normalized spacial score (nSPS) is 11.5. The van der Waals surface area contributed by atoms with Crippen LogP contribution in [0.2, 0.25) is 0 Å². The number of rotatable bonds is 5. The fourth-order valence-corrected chi connectivity index (χ4v) is 2.28. The summed E-state index contributed by atoms with van der Waals surface area (Å²) in [7, 11) is 0. The van der Waals surface area contributed by atoms with Gasteiger partial charge in [-0.3, -0.25) is 9.48 Å². The lowest BCUT2D eigenvalue weighted by atomic mass is 10.1. The first kappa shape index (κ1) is 17.6. The smallest absolute Gasteiger partial charge is 0.343 e. The van der Waals surface area contributed by atoms with Crippen molar-refractivity contribution in [3.8, 4) is 11.4 Å². The lowest BCUT2D eigenvalue weighted by Crippen LogP contribution is -2.26. The van der Waals surface area contributed by atoms with Crippen LogP contribution < -0.4 is 5.32 Å². The Labute approximate surface area is 145 Å². The lowest BCUT2D eigenvalue weighted by molar-refractivity contribution is -0.137. The predicted octanol–water partition coefficient (Wildman–Crippen LogP) is 2.90. The van der Waals surface area contributed by atoms with Crippen LogP contribution in [0.4, 0.5) is 13.2 Å². The highest BCUT2D eigenvalue weighted by molar-refractivity contribution is 5.95. The van der Waals surface area contributed by atoms with Crippen LogP contribution in [0.15, 0.2) is 41.2 Å². The second kappa shape index (κ2) is 6.98. The minimum absolute atomic E-state index is 0.0714. The van der Waals surface area contributed by atoms with Crippen LogP contribution in [0.1, 0.15) is 28.7 Å². The summed E-state index contributed by atoms with van der Waals surface area (Å²) in [6.07, 6.45) is -1.33. The molecule has 2 heterocycles. The summed E-state index contributed by atoms with van der Waals surface area (Å²) in [6.45, 7) is 2.41. The van der Waals surface area contributed by atoms with Crippen molar-refractivity contribution in [1.82, 2.24) is 25.2 Å². The van der Waals surface area contributed by atoms with E-state index in [1.165, 1.54) is 12.1 Å². The second-order valence-corrected chi connectivity index (χ2v) is 5.32. The Kier molecular flexibility index (Phi) is 4.74. The summed E-state index contributed by atoms with van der Waals surface area (Å²) in [5.74, 6) is -0.525. The SMILES string of the molecule is CCn1cc(-c2noc(CNC(=O)c3ccccc3C(F)(F)F)n2)cn1. The molecular formula is C16H14F3N5O2. The molecule has 0 radical (unpaired) electrons. The zero-order valence-corrected chi connectivity index (χ0v) is 13.6. The molecule has 3 aromatic rings. The number of aryl methyl sites for hydroxylation is 1. The minimum Gasteiger partial charge on any atom is -0.343 e. The van der Waals surface area contributed by atoms with Crippen molar-refractivity contribution in [1.29, 1.82) is 0 Å². The van der Waals surface area contributed by atoms with Gasteiger partial charge in [-0.05, 0) is 19.1 Å². The van der Waals surface area contributed by atoms with Crippen LogP contribution in [-0.2, 0) is 19.3 Å². The van der Waals surface area contributed by atoms with E-state index in [2.05, 4.69) is 20.6 Å². The van der Waals surface area contributed by atoms with Crippen molar-refractivity contribution in [3.05, 3.63) is 53.7 Å². The minimum atomic E-state index is -4.62. The maximum Gasteiger partial charge on any atom is 0.417 e. The maximum atomic E-state index is 13.0. The monoisotopic (exact) mass is 365 g/mol. The molecule has 0 saturated heterocycles. The Balaban J connectivity index is 1.69. The average molecular weight is 365 g/mol. The molecule has 0 fully saturated rings. The van der Waals surface area contributed by atoms with Gasteiger partial charge >= 0.3 is 6.18 Å². The van der Waals surface area contributed by atoms with Crippen molar-refractivity contribution in [2.24, 2.45) is 0 Å². The molecule has 1 aromatic carbocycles. The Hall–Kier alpha value is -3.17. The van der Waals surface area contributed by atoms with E-state index in [-0.39, 0.29) is 18.3 Å². The fourth-order valence-electron chi connectivity index (χ4n) is 2.28. The lowest BCUT2D eigenvalue weighted by Gasteiger charge is -2.11. The maximum absolute atomic E-state index is 13.0. The summed E-state index contributed by atoms with van der Waals surface area (Å²) in [5, 5.41) is 10.2. The molecule has 0 bridgehead atoms. The topological polar surface area (TPSA) is 85.8 Å². The molecule has 136 valence electrons. The molecule has 7 nitrogen and oxygen atoms in total. The first-order valence-electron chi connectivity index (χ1n) is 7.68. The third-order valence-corrected chi connectivity index (χ3v) is 3.56. The number of hydrogen-bond donors (Lipinski definition) is 1. The molecule has 0 aliphatic rings. The number of carbonyl (C=O) groups is 1. The summed E-state index contributed by atoms with van der Waals surface area (Å²) in [4.78, 5) is 16.2. The molecule has 1 amide bonds. The summed E-state index contributed by atoms with van der Waals surface area (Å²) >= 11 is 0. The van der Waals surface area contributed by atoms with Gasteiger partial charge in [0, 0.05) is 12.7 Å². The number of amides is 1. The molecule has 1 N–H and O–H groups in total. The number of nitrogens with one attached hydrogen (secondary N) is 1. The highest BCUT2D eigenvalue weighted by Gasteiger charge is 2.34. The summed E-state index contributed by atoms with van der Waals surface area (Å²) in [5.41, 5.74) is -0.838.